The number of nitrogens with one attached hydrogen (secondary N) is 3. The van der Waals surface area contributed by atoms with E-state index in [-0.39, 0.29) is 5.91 Å². The average Bonchev–Trinajstić information content (AvgIpc) is 2.36. The molecule has 17 heavy (non-hydrogen) atoms. The molecule has 1 atom stereocenters. The van der Waals surface area contributed by atoms with E-state index < -0.39 is 12.1 Å². The number of hydrogen-bond donors (Lipinski definition) is 3. The lowest BCUT2D eigenvalue weighted by Crippen LogP contribution is -2.47. The van der Waals surface area contributed by atoms with Crippen LogP contribution >= 0.6 is 0 Å². The fourth-order valence-corrected chi connectivity index (χ4v) is 1.15. The van der Waals surface area contributed by atoms with Gasteiger partial charge in [0.2, 0.25) is 5.91 Å². The smallest absolute Gasteiger partial charge is 0.321 e. The van der Waals surface area contributed by atoms with Crippen LogP contribution in [0.1, 0.15) is 12.5 Å². The van der Waals surface area contributed by atoms with Gasteiger partial charge in [-0.3, -0.25) is 15.1 Å². The molecule has 1 aromatic heterocycles. The predicted octanol–water partition coefficient (Wildman–Crippen LogP) is 0.0153. The van der Waals surface area contributed by atoms with Crippen LogP contribution in [0.25, 0.3) is 0 Å². The highest BCUT2D eigenvalue weighted by Crippen LogP contribution is 1.96. The molecule has 1 aromatic rings. The first-order valence-electron chi connectivity index (χ1n) is 5.28. The number of nitrogens with zero attached hydrogens (tertiary/aromatic N) is 1. The van der Waals surface area contributed by atoms with E-state index in [4.69, 9.17) is 0 Å². The normalized spacial score (nSPS) is 11.6. The second-order valence-electron chi connectivity index (χ2n) is 3.53. The van der Waals surface area contributed by atoms with E-state index in [9.17, 15) is 9.59 Å². The summed E-state index contributed by atoms with van der Waals surface area (Å²) >= 11 is 0. The van der Waals surface area contributed by atoms with Gasteiger partial charge in [0.1, 0.15) is 0 Å². The Labute approximate surface area is 99.8 Å². The monoisotopic (exact) mass is 236 g/mol. The summed E-state index contributed by atoms with van der Waals surface area (Å²) in [5.74, 6) is -0.363. The van der Waals surface area contributed by atoms with E-state index in [1.165, 1.54) is 7.05 Å². The Morgan fingerprint density at radius 3 is 2.59 bits per heavy atom. The van der Waals surface area contributed by atoms with E-state index in [0.29, 0.717) is 6.54 Å². The van der Waals surface area contributed by atoms with Gasteiger partial charge < -0.3 is 10.6 Å². The lowest BCUT2D eigenvalue weighted by molar-refractivity contribution is -0.121. The minimum Gasteiger partial charge on any atom is -0.341 e. The molecule has 3 N–H and O–H groups in total. The molecule has 0 aliphatic carbocycles. The van der Waals surface area contributed by atoms with Gasteiger partial charge in [-0.1, -0.05) is 0 Å². The number of aromatic nitrogens is 1. The number of urea groups is 1. The zero-order chi connectivity index (χ0) is 12.7. The van der Waals surface area contributed by atoms with Crippen molar-refractivity contribution in [2.24, 2.45) is 0 Å². The van der Waals surface area contributed by atoms with Crippen LogP contribution in [-0.4, -0.2) is 30.0 Å². The van der Waals surface area contributed by atoms with Crippen LogP contribution in [0, 0.1) is 0 Å². The van der Waals surface area contributed by atoms with E-state index in [1.54, 1.807) is 19.3 Å². The van der Waals surface area contributed by atoms with Gasteiger partial charge in [0, 0.05) is 26.0 Å². The molecule has 0 aliphatic heterocycles. The molecular formula is C11H16N4O2. The lowest BCUT2D eigenvalue weighted by atomic mass is 10.2. The van der Waals surface area contributed by atoms with Crippen molar-refractivity contribution in [3.63, 3.8) is 0 Å². The van der Waals surface area contributed by atoms with Crippen molar-refractivity contribution in [1.29, 1.82) is 0 Å². The molecule has 0 spiro atoms. The summed E-state index contributed by atoms with van der Waals surface area (Å²) in [4.78, 5) is 26.3. The maximum Gasteiger partial charge on any atom is 0.321 e. The van der Waals surface area contributed by atoms with Crippen LogP contribution in [0.5, 0.6) is 0 Å². The summed E-state index contributed by atoms with van der Waals surface area (Å²) in [7, 11) is 1.46. The van der Waals surface area contributed by atoms with Crippen molar-refractivity contribution >= 4 is 11.9 Å². The molecule has 92 valence electrons. The van der Waals surface area contributed by atoms with Crippen molar-refractivity contribution in [1.82, 2.24) is 20.9 Å². The number of pyridine rings is 1. The second kappa shape index (κ2) is 6.59. The lowest BCUT2D eigenvalue weighted by Gasteiger charge is -2.13. The summed E-state index contributed by atoms with van der Waals surface area (Å²) in [5, 5.41) is 7.53. The average molecular weight is 236 g/mol. The molecule has 0 saturated carbocycles. The van der Waals surface area contributed by atoms with Crippen molar-refractivity contribution < 1.29 is 9.59 Å². The van der Waals surface area contributed by atoms with Crippen LogP contribution in [0.4, 0.5) is 4.79 Å². The first-order chi connectivity index (χ1) is 8.13. The molecule has 6 nitrogen and oxygen atoms in total. The molecule has 1 unspecified atom stereocenters. The summed E-state index contributed by atoms with van der Waals surface area (Å²) < 4.78 is 0. The molecular weight excluding hydrogens is 220 g/mol. The van der Waals surface area contributed by atoms with Crippen molar-refractivity contribution in [3.05, 3.63) is 30.1 Å². The van der Waals surface area contributed by atoms with Gasteiger partial charge in [-0.05, 0) is 24.6 Å². The molecule has 0 saturated heterocycles. The second-order valence-corrected chi connectivity index (χ2v) is 3.53. The van der Waals surface area contributed by atoms with Gasteiger partial charge in [-0.25, -0.2) is 4.79 Å². The number of carbonyl (C=O) groups excluding carboxylic acids is 2. The maximum atomic E-state index is 11.5. The molecule has 1 heterocycles. The Bertz CT molecular complexity index is 380. The number of carbonyl (C=O) groups is 2. The van der Waals surface area contributed by atoms with Gasteiger partial charge in [-0.2, -0.15) is 0 Å². The number of rotatable bonds is 4. The Morgan fingerprint density at radius 1 is 1.35 bits per heavy atom. The molecule has 0 bridgehead atoms. The number of amides is 3. The highest BCUT2D eigenvalue weighted by Gasteiger charge is 2.13. The quantitative estimate of drug-likeness (QED) is 0.688. The van der Waals surface area contributed by atoms with Gasteiger partial charge >= 0.3 is 6.03 Å². The zero-order valence-electron chi connectivity index (χ0n) is 9.86. The van der Waals surface area contributed by atoms with Gasteiger partial charge in [0.15, 0.2) is 0 Å². The molecule has 0 radical (unpaired) electrons. The molecule has 0 fully saturated rings. The van der Waals surface area contributed by atoms with Gasteiger partial charge in [-0.15, -0.1) is 0 Å². The predicted molar refractivity (Wildman–Crippen MR) is 63.1 cm³/mol. The van der Waals surface area contributed by atoms with Crippen LogP contribution in [0.3, 0.4) is 0 Å². The van der Waals surface area contributed by atoms with Crippen molar-refractivity contribution in [2.75, 3.05) is 7.05 Å². The molecule has 6 heteroatoms. The van der Waals surface area contributed by atoms with Crippen LogP contribution in [0.15, 0.2) is 24.5 Å². The first-order valence-corrected chi connectivity index (χ1v) is 5.28. The largest absolute Gasteiger partial charge is 0.341 e. The topological polar surface area (TPSA) is 83.1 Å². The van der Waals surface area contributed by atoms with Crippen molar-refractivity contribution in [2.45, 2.75) is 19.5 Å². The number of hydrogen-bond acceptors (Lipinski definition) is 4. The maximum absolute atomic E-state index is 11.5. The van der Waals surface area contributed by atoms with E-state index in [0.717, 1.165) is 5.56 Å². The zero-order valence-corrected chi connectivity index (χ0v) is 9.86. The SMILES string of the molecule is CNC(=O)NC(=O)C(C)NCc1ccncc1. The minimum atomic E-state index is -0.507. The first kappa shape index (κ1) is 13.1. The van der Waals surface area contributed by atoms with E-state index in [1.807, 2.05) is 12.1 Å². The van der Waals surface area contributed by atoms with Gasteiger partial charge in [0.05, 0.1) is 6.04 Å². The standard InChI is InChI=1S/C11H16N4O2/c1-8(10(16)15-11(17)12-2)14-7-9-3-5-13-6-4-9/h3-6,8,14H,7H2,1-2H3,(H2,12,15,16,17). The van der Waals surface area contributed by atoms with Gasteiger partial charge in [0.25, 0.3) is 0 Å². The van der Waals surface area contributed by atoms with Crippen LogP contribution in [-0.2, 0) is 11.3 Å². The Morgan fingerprint density at radius 2 is 2.00 bits per heavy atom. The highest BCUT2D eigenvalue weighted by molar-refractivity contribution is 5.96. The Balaban J connectivity index is 2.37. The molecule has 3 amide bonds. The Kier molecular flexibility index (Phi) is 5.09. The summed E-state index contributed by atoms with van der Waals surface area (Å²) in [6, 6.07) is 2.76. The minimum absolute atomic E-state index is 0.363. The molecule has 1 rings (SSSR count). The van der Waals surface area contributed by atoms with E-state index in [2.05, 4.69) is 20.9 Å². The third kappa shape index (κ3) is 4.60. The fourth-order valence-electron chi connectivity index (χ4n) is 1.15. The fraction of sp³-hybridized carbons (Fsp3) is 0.364. The summed E-state index contributed by atoms with van der Waals surface area (Å²) in [5.41, 5.74) is 1.03. The van der Waals surface area contributed by atoms with Crippen LogP contribution in [0.2, 0.25) is 0 Å². The summed E-state index contributed by atoms with van der Waals surface area (Å²) in [6.07, 6.45) is 3.37. The van der Waals surface area contributed by atoms with Crippen LogP contribution < -0.4 is 16.0 Å². The third-order valence-electron chi connectivity index (χ3n) is 2.22. The number of imide groups is 1. The molecule has 0 aromatic carbocycles. The highest BCUT2D eigenvalue weighted by atomic mass is 16.2. The Hall–Kier alpha value is -1.95. The van der Waals surface area contributed by atoms with E-state index >= 15 is 0 Å². The third-order valence-corrected chi connectivity index (χ3v) is 2.22. The molecule has 0 aliphatic rings. The van der Waals surface area contributed by atoms with Crippen molar-refractivity contribution in [3.8, 4) is 0 Å². The summed E-state index contributed by atoms with van der Waals surface area (Å²) in [6.45, 7) is 2.24.